The van der Waals surface area contributed by atoms with Gasteiger partial charge < -0.3 is 14.4 Å². The number of hydrogen-bond acceptors (Lipinski definition) is 4. The monoisotopic (exact) mass is 258 g/mol. The van der Waals surface area contributed by atoms with Gasteiger partial charge in [-0.2, -0.15) is 0 Å². The topological polar surface area (TPSA) is 42.0 Å². The van der Waals surface area contributed by atoms with Crippen LogP contribution in [-0.2, 0) is 9.47 Å². The smallest absolute Gasteiger partial charge is 0.410 e. The number of amides is 1. The van der Waals surface area contributed by atoms with Crippen molar-refractivity contribution < 1.29 is 14.3 Å². The van der Waals surface area contributed by atoms with E-state index in [1.54, 1.807) is 12.0 Å². The molecule has 1 aliphatic rings. The molecular weight excluding hydrogens is 232 g/mol. The number of rotatable bonds is 4. The van der Waals surface area contributed by atoms with E-state index in [9.17, 15) is 4.79 Å². The summed E-state index contributed by atoms with van der Waals surface area (Å²) in [5.41, 5.74) is -0.431. The fourth-order valence-electron chi connectivity index (χ4n) is 2.03. The second kappa shape index (κ2) is 6.38. The van der Waals surface area contributed by atoms with E-state index in [-0.39, 0.29) is 12.1 Å². The summed E-state index contributed by atoms with van der Waals surface area (Å²) in [6.45, 7) is 9.24. The number of carbonyl (C=O) groups excluding carboxylic acids is 1. The Hall–Kier alpha value is -0.810. The highest BCUT2D eigenvalue weighted by Crippen LogP contribution is 2.17. The third-order valence-corrected chi connectivity index (χ3v) is 3.09. The SMILES string of the molecule is COCCN1CCC(N(C)C(=O)OC(C)(C)C)C1. The predicted octanol–water partition coefficient (Wildman–Crippen LogP) is 1.57. The third kappa shape index (κ3) is 4.82. The highest BCUT2D eigenvalue weighted by Gasteiger charge is 2.30. The summed E-state index contributed by atoms with van der Waals surface area (Å²) in [6, 6.07) is 0.247. The molecule has 0 aliphatic carbocycles. The summed E-state index contributed by atoms with van der Waals surface area (Å²) in [6.07, 6.45) is 0.764. The van der Waals surface area contributed by atoms with Crippen molar-refractivity contribution in [1.82, 2.24) is 9.80 Å². The van der Waals surface area contributed by atoms with E-state index in [1.165, 1.54) is 0 Å². The minimum Gasteiger partial charge on any atom is -0.444 e. The lowest BCUT2D eigenvalue weighted by molar-refractivity contribution is 0.0227. The lowest BCUT2D eigenvalue weighted by Crippen LogP contribution is -2.42. The van der Waals surface area contributed by atoms with Gasteiger partial charge in [0.2, 0.25) is 0 Å². The Labute approximate surface area is 110 Å². The number of nitrogens with zero attached hydrogens (tertiary/aromatic N) is 2. The number of methoxy groups -OCH3 is 1. The van der Waals surface area contributed by atoms with Crippen LogP contribution in [0.5, 0.6) is 0 Å². The minimum atomic E-state index is -0.431. The molecule has 0 N–H and O–H groups in total. The van der Waals surface area contributed by atoms with Crippen molar-refractivity contribution in [3.63, 3.8) is 0 Å². The maximum Gasteiger partial charge on any atom is 0.410 e. The van der Waals surface area contributed by atoms with Gasteiger partial charge in [0, 0.05) is 39.8 Å². The number of ether oxygens (including phenoxy) is 2. The van der Waals surface area contributed by atoms with Crippen LogP contribution < -0.4 is 0 Å². The van der Waals surface area contributed by atoms with Crippen LogP contribution >= 0.6 is 0 Å². The zero-order chi connectivity index (χ0) is 13.8. The summed E-state index contributed by atoms with van der Waals surface area (Å²) in [4.78, 5) is 16.0. The molecule has 1 aliphatic heterocycles. The predicted molar refractivity (Wildman–Crippen MR) is 70.7 cm³/mol. The highest BCUT2D eigenvalue weighted by molar-refractivity contribution is 5.68. The number of carbonyl (C=O) groups is 1. The molecule has 0 radical (unpaired) electrons. The first-order valence-electron chi connectivity index (χ1n) is 6.50. The van der Waals surface area contributed by atoms with E-state index in [2.05, 4.69) is 4.90 Å². The van der Waals surface area contributed by atoms with Gasteiger partial charge in [0.05, 0.1) is 6.61 Å². The van der Waals surface area contributed by atoms with Gasteiger partial charge in [-0.1, -0.05) is 0 Å². The molecule has 106 valence electrons. The van der Waals surface area contributed by atoms with Crippen molar-refractivity contribution in [2.24, 2.45) is 0 Å². The molecule has 0 aromatic carbocycles. The molecule has 0 spiro atoms. The van der Waals surface area contributed by atoms with Crippen LogP contribution in [0.4, 0.5) is 4.79 Å². The molecule has 1 heterocycles. The van der Waals surface area contributed by atoms with Gasteiger partial charge in [-0.25, -0.2) is 4.79 Å². The van der Waals surface area contributed by atoms with Crippen LogP contribution in [0.3, 0.4) is 0 Å². The second-order valence-electron chi connectivity index (χ2n) is 5.83. The molecule has 0 saturated carbocycles. The van der Waals surface area contributed by atoms with Crippen LogP contribution in [0.2, 0.25) is 0 Å². The summed E-state index contributed by atoms with van der Waals surface area (Å²) in [5.74, 6) is 0. The maximum atomic E-state index is 11.9. The number of likely N-dealkylation sites (tertiary alicyclic amines) is 1. The van der Waals surface area contributed by atoms with E-state index in [1.807, 2.05) is 27.8 Å². The lowest BCUT2D eigenvalue weighted by Gasteiger charge is -2.28. The molecule has 1 rings (SSSR count). The third-order valence-electron chi connectivity index (χ3n) is 3.09. The van der Waals surface area contributed by atoms with Gasteiger partial charge >= 0.3 is 6.09 Å². The highest BCUT2D eigenvalue weighted by atomic mass is 16.6. The Morgan fingerprint density at radius 1 is 1.44 bits per heavy atom. The Bertz CT molecular complexity index is 276. The molecule has 1 saturated heterocycles. The Morgan fingerprint density at radius 3 is 2.67 bits per heavy atom. The van der Waals surface area contributed by atoms with Crippen molar-refractivity contribution in [3.05, 3.63) is 0 Å². The van der Waals surface area contributed by atoms with Crippen LogP contribution in [0, 0.1) is 0 Å². The molecule has 5 nitrogen and oxygen atoms in total. The first-order valence-corrected chi connectivity index (χ1v) is 6.50. The Kier molecular flexibility index (Phi) is 5.41. The van der Waals surface area contributed by atoms with E-state index in [0.29, 0.717) is 0 Å². The Balaban J connectivity index is 2.39. The zero-order valence-corrected chi connectivity index (χ0v) is 12.2. The fraction of sp³-hybridized carbons (Fsp3) is 0.923. The molecule has 1 fully saturated rings. The molecule has 1 unspecified atom stereocenters. The van der Waals surface area contributed by atoms with Crippen molar-refractivity contribution >= 4 is 6.09 Å². The normalized spacial score (nSPS) is 21.1. The second-order valence-corrected chi connectivity index (χ2v) is 5.83. The lowest BCUT2D eigenvalue weighted by atomic mass is 10.2. The molecule has 1 atom stereocenters. The standard InChI is InChI=1S/C13H26N2O3/c1-13(2,3)18-12(16)14(4)11-6-7-15(10-11)8-9-17-5/h11H,6-10H2,1-5H3. The average molecular weight is 258 g/mol. The van der Waals surface area contributed by atoms with Gasteiger partial charge in [0.1, 0.15) is 5.60 Å². The number of hydrogen-bond donors (Lipinski definition) is 0. The number of likely N-dealkylation sites (N-methyl/N-ethyl adjacent to an activating group) is 1. The first-order chi connectivity index (χ1) is 8.33. The van der Waals surface area contributed by atoms with Gasteiger partial charge in [0.25, 0.3) is 0 Å². The van der Waals surface area contributed by atoms with Gasteiger partial charge in [-0.05, 0) is 27.2 Å². The maximum absolute atomic E-state index is 11.9. The van der Waals surface area contributed by atoms with E-state index in [0.717, 1.165) is 32.7 Å². The van der Waals surface area contributed by atoms with E-state index >= 15 is 0 Å². The molecule has 0 aromatic heterocycles. The van der Waals surface area contributed by atoms with Crippen LogP contribution in [0.15, 0.2) is 0 Å². The molecule has 0 bridgehead atoms. The van der Waals surface area contributed by atoms with Crippen molar-refractivity contribution in [2.75, 3.05) is 40.4 Å². The molecule has 1 amide bonds. The van der Waals surface area contributed by atoms with Crippen LogP contribution in [0.25, 0.3) is 0 Å². The summed E-state index contributed by atoms with van der Waals surface area (Å²) in [5, 5.41) is 0. The average Bonchev–Trinajstić information content (AvgIpc) is 2.71. The molecular formula is C13H26N2O3. The molecule has 18 heavy (non-hydrogen) atoms. The first kappa shape index (κ1) is 15.2. The zero-order valence-electron chi connectivity index (χ0n) is 12.2. The quantitative estimate of drug-likeness (QED) is 0.767. The fourth-order valence-corrected chi connectivity index (χ4v) is 2.03. The minimum absolute atomic E-state index is 0.235. The van der Waals surface area contributed by atoms with Gasteiger partial charge in [0.15, 0.2) is 0 Å². The summed E-state index contributed by atoms with van der Waals surface area (Å²) >= 11 is 0. The Morgan fingerprint density at radius 2 is 2.11 bits per heavy atom. The van der Waals surface area contributed by atoms with Crippen LogP contribution in [-0.4, -0.2) is 67.9 Å². The van der Waals surface area contributed by atoms with Crippen LogP contribution in [0.1, 0.15) is 27.2 Å². The molecule has 5 heteroatoms. The van der Waals surface area contributed by atoms with Gasteiger partial charge in [-0.3, -0.25) is 4.90 Å². The van der Waals surface area contributed by atoms with E-state index < -0.39 is 5.60 Å². The van der Waals surface area contributed by atoms with Gasteiger partial charge in [-0.15, -0.1) is 0 Å². The largest absolute Gasteiger partial charge is 0.444 e. The summed E-state index contributed by atoms with van der Waals surface area (Å²) < 4.78 is 10.4. The molecule has 0 aromatic rings. The van der Waals surface area contributed by atoms with Crippen molar-refractivity contribution in [3.8, 4) is 0 Å². The van der Waals surface area contributed by atoms with E-state index in [4.69, 9.17) is 9.47 Å². The summed E-state index contributed by atoms with van der Waals surface area (Å²) in [7, 11) is 3.53. The van der Waals surface area contributed by atoms with Crippen molar-refractivity contribution in [1.29, 1.82) is 0 Å². The van der Waals surface area contributed by atoms with Crippen molar-refractivity contribution in [2.45, 2.75) is 38.8 Å².